The topological polar surface area (TPSA) is 12.0 Å². The average molecular weight is 225 g/mol. The maximum absolute atomic E-state index is 13.6. The predicted octanol–water partition coefficient (Wildman–Crippen LogP) is 3.01. The Morgan fingerprint density at radius 3 is 2.67 bits per heavy atom. The van der Waals surface area contributed by atoms with Gasteiger partial charge >= 0.3 is 0 Å². The smallest absolute Gasteiger partial charge is 0.137 e. The predicted molar refractivity (Wildman–Crippen MR) is 63.0 cm³/mol. The van der Waals surface area contributed by atoms with Gasteiger partial charge in [0.15, 0.2) is 0 Å². The molecule has 1 fully saturated rings. The highest BCUT2D eigenvalue weighted by atomic mass is 32.2. The van der Waals surface area contributed by atoms with Crippen molar-refractivity contribution in [3.05, 3.63) is 29.6 Å². The lowest BCUT2D eigenvalue weighted by Gasteiger charge is -2.23. The van der Waals surface area contributed by atoms with Gasteiger partial charge in [-0.3, -0.25) is 0 Å². The molecule has 15 heavy (non-hydrogen) atoms. The summed E-state index contributed by atoms with van der Waals surface area (Å²) in [4.78, 5) is 0.743. The Morgan fingerprint density at radius 2 is 2.07 bits per heavy atom. The quantitative estimate of drug-likeness (QED) is 0.776. The number of hydrogen-bond acceptors (Lipinski definition) is 2. The van der Waals surface area contributed by atoms with E-state index in [-0.39, 0.29) is 5.82 Å². The van der Waals surface area contributed by atoms with Gasteiger partial charge in [0.1, 0.15) is 5.82 Å². The van der Waals surface area contributed by atoms with E-state index in [0.29, 0.717) is 5.92 Å². The second kappa shape index (κ2) is 4.99. The summed E-state index contributed by atoms with van der Waals surface area (Å²) in [5, 5.41) is 3.32. The molecule has 3 heteroatoms. The first kappa shape index (κ1) is 11.0. The summed E-state index contributed by atoms with van der Waals surface area (Å²) < 4.78 is 13.6. The van der Waals surface area contributed by atoms with E-state index < -0.39 is 0 Å². The minimum absolute atomic E-state index is 0.0708. The average Bonchev–Trinajstić information content (AvgIpc) is 2.30. The Morgan fingerprint density at radius 1 is 1.33 bits per heavy atom. The van der Waals surface area contributed by atoms with Gasteiger partial charge in [-0.05, 0) is 55.8 Å². The SMILES string of the molecule is CSc1ccc(C2CCNCC2)cc1F. The fourth-order valence-corrected chi connectivity index (χ4v) is 2.55. The van der Waals surface area contributed by atoms with Crippen molar-refractivity contribution in [3.8, 4) is 0 Å². The van der Waals surface area contributed by atoms with E-state index in [4.69, 9.17) is 0 Å². The molecular weight excluding hydrogens is 209 g/mol. The second-order valence-electron chi connectivity index (χ2n) is 3.92. The molecule has 0 radical (unpaired) electrons. The Bertz CT molecular complexity index is 334. The molecular formula is C12H16FNS. The van der Waals surface area contributed by atoms with Crippen molar-refractivity contribution in [1.29, 1.82) is 0 Å². The molecule has 1 saturated heterocycles. The second-order valence-corrected chi connectivity index (χ2v) is 4.77. The first-order chi connectivity index (χ1) is 7.31. The highest BCUT2D eigenvalue weighted by Crippen LogP contribution is 2.28. The molecule has 0 aromatic heterocycles. The summed E-state index contributed by atoms with van der Waals surface area (Å²) in [5.74, 6) is 0.468. The minimum atomic E-state index is -0.0708. The van der Waals surface area contributed by atoms with E-state index in [1.807, 2.05) is 12.3 Å². The molecule has 0 amide bonds. The first-order valence-corrected chi connectivity index (χ1v) is 6.58. The maximum atomic E-state index is 13.6. The van der Waals surface area contributed by atoms with Crippen molar-refractivity contribution in [3.63, 3.8) is 0 Å². The van der Waals surface area contributed by atoms with E-state index in [1.54, 1.807) is 6.07 Å². The monoisotopic (exact) mass is 225 g/mol. The molecule has 82 valence electrons. The van der Waals surface area contributed by atoms with Gasteiger partial charge in [0.2, 0.25) is 0 Å². The first-order valence-electron chi connectivity index (χ1n) is 5.35. The van der Waals surface area contributed by atoms with Crippen LogP contribution in [0.5, 0.6) is 0 Å². The number of benzene rings is 1. The number of piperidine rings is 1. The zero-order valence-corrected chi connectivity index (χ0v) is 9.74. The molecule has 1 heterocycles. The van der Waals surface area contributed by atoms with E-state index in [9.17, 15) is 4.39 Å². The van der Waals surface area contributed by atoms with Crippen LogP contribution >= 0.6 is 11.8 Å². The van der Waals surface area contributed by atoms with Crippen LogP contribution < -0.4 is 5.32 Å². The van der Waals surface area contributed by atoms with Crippen LogP contribution in [0, 0.1) is 5.82 Å². The zero-order chi connectivity index (χ0) is 10.7. The number of thioether (sulfide) groups is 1. The molecule has 1 aromatic rings. The van der Waals surface area contributed by atoms with Crippen molar-refractivity contribution in [2.24, 2.45) is 0 Å². The third kappa shape index (κ3) is 2.52. The largest absolute Gasteiger partial charge is 0.317 e. The summed E-state index contributed by atoms with van der Waals surface area (Å²) in [7, 11) is 0. The standard InChI is InChI=1S/C12H16FNS/c1-15-12-3-2-10(8-11(12)13)9-4-6-14-7-5-9/h2-3,8-9,14H,4-7H2,1H3. The summed E-state index contributed by atoms with van der Waals surface area (Å²) in [6, 6.07) is 5.68. The molecule has 1 N–H and O–H groups in total. The van der Waals surface area contributed by atoms with Gasteiger partial charge < -0.3 is 5.32 Å². The third-order valence-corrected chi connectivity index (χ3v) is 3.76. The van der Waals surface area contributed by atoms with E-state index in [2.05, 4.69) is 11.4 Å². The Labute approximate surface area is 94.5 Å². The molecule has 0 bridgehead atoms. The molecule has 1 aliphatic heterocycles. The normalized spacial score (nSPS) is 18.0. The van der Waals surface area contributed by atoms with Crippen LogP contribution in [0.4, 0.5) is 4.39 Å². The molecule has 0 spiro atoms. The van der Waals surface area contributed by atoms with E-state index in [1.165, 1.54) is 11.8 Å². The van der Waals surface area contributed by atoms with Gasteiger partial charge in [0, 0.05) is 4.90 Å². The molecule has 1 aromatic carbocycles. The fourth-order valence-electron chi connectivity index (χ4n) is 2.09. The van der Waals surface area contributed by atoms with Gasteiger partial charge in [0.25, 0.3) is 0 Å². The van der Waals surface area contributed by atoms with Crippen LogP contribution in [-0.4, -0.2) is 19.3 Å². The third-order valence-electron chi connectivity index (χ3n) is 2.99. The summed E-state index contributed by atoms with van der Waals surface area (Å²) >= 11 is 1.46. The lowest BCUT2D eigenvalue weighted by molar-refractivity contribution is 0.458. The van der Waals surface area contributed by atoms with Crippen LogP contribution in [0.3, 0.4) is 0 Å². The number of nitrogens with one attached hydrogen (secondary N) is 1. The molecule has 1 aliphatic rings. The van der Waals surface area contributed by atoms with Crippen LogP contribution in [-0.2, 0) is 0 Å². The molecule has 0 atom stereocenters. The Balaban J connectivity index is 2.17. The highest BCUT2D eigenvalue weighted by Gasteiger charge is 2.16. The van der Waals surface area contributed by atoms with Gasteiger partial charge in [-0.15, -0.1) is 11.8 Å². The van der Waals surface area contributed by atoms with Crippen LogP contribution in [0.25, 0.3) is 0 Å². The zero-order valence-electron chi connectivity index (χ0n) is 8.92. The molecule has 1 nitrogen and oxygen atoms in total. The lowest BCUT2D eigenvalue weighted by atomic mass is 9.90. The summed E-state index contributed by atoms with van der Waals surface area (Å²) in [5.41, 5.74) is 1.16. The number of halogens is 1. The number of rotatable bonds is 2. The minimum Gasteiger partial charge on any atom is -0.317 e. The molecule has 0 unspecified atom stereocenters. The van der Waals surface area contributed by atoms with Crippen molar-refractivity contribution < 1.29 is 4.39 Å². The van der Waals surface area contributed by atoms with Crippen molar-refractivity contribution >= 4 is 11.8 Å². The molecule has 0 saturated carbocycles. The van der Waals surface area contributed by atoms with Crippen LogP contribution in [0.15, 0.2) is 23.1 Å². The Hall–Kier alpha value is -0.540. The van der Waals surface area contributed by atoms with Crippen molar-refractivity contribution in [1.82, 2.24) is 5.32 Å². The van der Waals surface area contributed by atoms with Gasteiger partial charge in [-0.1, -0.05) is 6.07 Å². The fraction of sp³-hybridized carbons (Fsp3) is 0.500. The van der Waals surface area contributed by atoms with Crippen LogP contribution in [0.1, 0.15) is 24.3 Å². The van der Waals surface area contributed by atoms with Gasteiger partial charge in [-0.25, -0.2) is 4.39 Å². The highest BCUT2D eigenvalue weighted by molar-refractivity contribution is 7.98. The van der Waals surface area contributed by atoms with E-state index in [0.717, 1.165) is 36.4 Å². The summed E-state index contributed by atoms with van der Waals surface area (Å²) in [6.07, 6.45) is 4.15. The number of hydrogen-bond donors (Lipinski definition) is 1. The lowest BCUT2D eigenvalue weighted by Crippen LogP contribution is -2.26. The van der Waals surface area contributed by atoms with Crippen LogP contribution in [0.2, 0.25) is 0 Å². The molecule has 0 aliphatic carbocycles. The van der Waals surface area contributed by atoms with E-state index >= 15 is 0 Å². The Kier molecular flexibility index (Phi) is 3.65. The van der Waals surface area contributed by atoms with Gasteiger partial charge in [-0.2, -0.15) is 0 Å². The maximum Gasteiger partial charge on any atom is 0.137 e. The summed E-state index contributed by atoms with van der Waals surface area (Å²) in [6.45, 7) is 2.10. The van der Waals surface area contributed by atoms with Crippen molar-refractivity contribution in [2.75, 3.05) is 19.3 Å². The van der Waals surface area contributed by atoms with Crippen molar-refractivity contribution in [2.45, 2.75) is 23.7 Å². The van der Waals surface area contributed by atoms with Gasteiger partial charge in [0.05, 0.1) is 0 Å². The molecule has 2 rings (SSSR count).